The van der Waals surface area contributed by atoms with Crippen molar-refractivity contribution >= 4 is 16.9 Å². The average molecular weight is 260 g/mol. The van der Waals surface area contributed by atoms with Crippen molar-refractivity contribution in [3.8, 4) is 0 Å². The number of hydrogen-bond acceptors (Lipinski definition) is 4. The Morgan fingerprint density at radius 2 is 2.32 bits per heavy atom. The predicted octanol–water partition coefficient (Wildman–Crippen LogP) is 1.26. The van der Waals surface area contributed by atoms with E-state index in [0.717, 1.165) is 25.0 Å². The van der Waals surface area contributed by atoms with Gasteiger partial charge < -0.3 is 10.1 Å². The van der Waals surface area contributed by atoms with Crippen LogP contribution in [0.3, 0.4) is 0 Å². The van der Waals surface area contributed by atoms with Crippen molar-refractivity contribution < 1.29 is 9.53 Å². The van der Waals surface area contributed by atoms with Crippen molar-refractivity contribution in [2.75, 3.05) is 6.61 Å². The number of benzene rings is 1. The number of nitrogens with zero attached hydrogens (tertiary/aromatic N) is 2. The van der Waals surface area contributed by atoms with Gasteiger partial charge in [-0.25, -0.2) is 0 Å². The summed E-state index contributed by atoms with van der Waals surface area (Å²) >= 11 is 0. The Morgan fingerprint density at radius 3 is 3.11 bits per heavy atom. The number of hydrogen-bond donors (Lipinski definition) is 2. The smallest absolute Gasteiger partial charge is 0.251 e. The van der Waals surface area contributed by atoms with Crippen LogP contribution in [-0.2, 0) is 4.74 Å². The SMILES string of the molecule is C[C@H](NC(=O)c1ccc2n[nH]nc2c1)[C@@H]1CCCO1. The van der Waals surface area contributed by atoms with Gasteiger partial charge in [0, 0.05) is 12.2 Å². The molecule has 6 heteroatoms. The van der Waals surface area contributed by atoms with Gasteiger partial charge >= 0.3 is 0 Å². The van der Waals surface area contributed by atoms with Crippen molar-refractivity contribution in [1.82, 2.24) is 20.7 Å². The molecule has 2 atom stereocenters. The van der Waals surface area contributed by atoms with Crippen molar-refractivity contribution in [3.63, 3.8) is 0 Å². The molecule has 1 aliphatic rings. The van der Waals surface area contributed by atoms with Gasteiger partial charge in [-0.05, 0) is 38.0 Å². The van der Waals surface area contributed by atoms with E-state index >= 15 is 0 Å². The lowest BCUT2D eigenvalue weighted by Gasteiger charge is -2.19. The summed E-state index contributed by atoms with van der Waals surface area (Å²) in [5.74, 6) is -0.104. The molecule has 100 valence electrons. The third-order valence-electron chi connectivity index (χ3n) is 3.46. The Balaban J connectivity index is 1.71. The number of rotatable bonds is 3. The molecular formula is C13H16N4O2. The highest BCUT2D eigenvalue weighted by Crippen LogP contribution is 2.16. The minimum atomic E-state index is -0.104. The van der Waals surface area contributed by atoms with E-state index in [2.05, 4.69) is 20.7 Å². The molecule has 2 heterocycles. The zero-order valence-corrected chi connectivity index (χ0v) is 10.7. The minimum Gasteiger partial charge on any atom is -0.376 e. The predicted molar refractivity (Wildman–Crippen MR) is 69.8 cm³/mol. The van der Waals surface area contributed by atoms with Crippen LogP contribution in [0.25, 0.3) is 11.0 Å². The summed E-state index contributed by atoms with van der Waals surface area (Å²) in [5.41, 5.74) is 2.03. The number of carbonyl (C=O) groups excluding carboxylic acids is 1. The fraction of sp³-hybridized carbons (Fsp3) is 0.462. The van der Waals surface area contributed by atoms with E-state index in [0.29, 0.717) is 11.1 Å². The van der Waals surface area contributed by atoms with Gasteiger partial charge in [-0.2, -0.15) is 15.4 Å². The summed E-state index contributed by atoms with van der Waals surface area (Å²) in [6.45, 7) is 2.76. The summed E-state index contributed by atoms with van der Waals surface area (Å²) in [5, 5.41) is 13.4. The second-order valence-electron chi connectivity index (χ2n) is 4.84. The first-order chi connectivity index (χ1) is 9.24. The van der Waals surface area contributed by atoms with Crippen molar-refractivity contribution in [2.24, 2.45) is 0 Å². The van der Waals surface area contributed by atoms with E-state index in [9.17, 15) is 4.79 Å². The summed E-state index contributed by atoms with van der Waals surface area (Å²) in [4.78, 5) is 12.2. The first-order valence-corrected chi connectivity index (χ1v) is 6.47. The number of carbonyl (C=O) groups is 1. The van der Waals surface area contributed by atoms with Gasteiger partial charge in [0.25, 0.3) is 5.91 Å². The van der Waals surface area contributed by atoms with Gasteiger partial charge in [-0.3, -0.25) is 4.79 Å². The normalized spacial score (nSPS) is 20.6. The number of aromatic nitrogens is 3. The molecule has 6 nitrogen and oxygen atoms in total. The summed E-state index contributed by atoms with van der Waals surface area (Å²) in [7, 11) is 0. The molecule has 0 saturated carbocycles. The second kappa shape index (κ2) is 4.97. The van der Waals surface area contributed by atoms with Crippen LogP contribution in [0.15, 0.2) is 18.2 Å². The number of H-pyrrole nitrogens is 1. The summed E-state index contributed by atoms with van der Waals surface area (Å²) in [6.07, 6.45) is 2.19. The van der Waals surface area contributed by atoms with E-state index in [4.69, 9.17) is 4.74 Å². The lowest BCUT2D eigenvalue weighted by Crippen LogP contribution is -2.40. The average Bonchev–Trinajstić information content (AvgIpc) is 3.09. The fourth-order valence-corrected chi connectivity index (χ4v) is 2.36. The van der Waals surface area contributed by atoms with Crippen molar-refractivity contribution in [2.45, 2.75) is 31.9 Å². The number of nitrogens with one attached hydrogen (secondary N) is 2. The Bertz CT molecular complexity index is 589. The molecule has 0 unspecified atom stereocenters. The van der Waals surface area contributed by atoms with E-state index < -0.39 is 0 Å². The van der Waals surface area contributed by atoms with Crippen LogP contribution in [0.1, 0.15) is 30.1 Å². The van der Waals surface area contributed by atoms with Gasteiger partial charge in [0.1, 0.15) is 11.0 Å². The van der Waals surface area contributed by atoms with Gasteiger partial charge in [0.05, 0.1) is 12.1 Å². The highest BCUT2D eigenvalue weighted by Gasteiger charge is 2.24. The van der Waals surface area contributed by atoms with E-state index in [1.54, 1.807) is 18.2 Å². The molecule has 3 rings (SSSR count). The van der Waals surface area contributed by atoms with Gasteiger partial charge in [-0.15, -0.1) is 0 Å². The Hall–Kier alpha value is -1.95. The molecule has 2 N–H and O–H groups in total. The number of aromatic amines is 1. The molecule has 0 radical (unpaired) electrons. The molecule has 1 aromatic carbocycles. The topological polar surface area (TPSA) is 79.9 Å². The van der Waals surface area contributed by atoms with Gasteiger partial charge in [0.15, 0.2) is 0 Å². The lowest BCUT2D eigenvalue weighted by molar-refractivity contribution is 0.0712. The molecule has 2 aromatic rings. The molecule has 1 aliphatic heterocycles. The van der Waals surface area contributed by atoms with Crippen LogP contribution < -0.4 is 5.32 Å². The first-order valence-electron chi connectivity index (χ1n) is 6.47. The first kappa shape index (κ1) is 12.1. The van der Waals surface area contributed by atoms with E-state index in [1.165, 1.54) is 0 Å². The molecule has 19 heavy (non-hydrogen) atoms. The van der Waals surface area contributed by atoms with Crippen molar-refractivity contribution in [1.29, 1.82) is 0 Å². The minimum absolute atomic E-state index is 0.0167. The maximum atomic E-state index is 12.2. The van der Waals surface area contributed by atoms with Gasteiger partial charge in [0.2, 0.25) is 0 Å². The van der Waals surface area contributed by atoms with Crippen LogP contribution in [-0.4, -0.2) is 40.1 Å². The zero-order valence-electron chi connectivity index (χ0n) is 10.7. The van der Waals surface area contributed by atoms with Crippen molar-refractivity contribution in [3.05, 3.63) is 23.8 Å². The van der Waals surface area contributed by atoms with Crippen LogP contribution in [0.5, 0.6) is 0 Å². The van der Waals surface area contributed by atoms with Crippen LogP contribution in [0.2, 0.25) is 0 Å². The van der Waals surface area contributed by atoms with E-state index in [-0.39, 0.29) is 18.1 Å². The molecular weight excluding hydrogens is 244 g/mol. The second-order valence-corrected chi connectivity index (χ2v) is 4.84. The molecule has 0 aliphatic carbocycles. The highest BCUT2D eigenvalue weighted by atomic mass is 16.5. The summed E-state index contributed by atoms with van der Waals surface area (Å²) < 4.78 is 5.57. The third-order valence-corrected chi connectivity index (χ3v) is 3.46. The Morgan fingerprint density at radius 1 is 1.47 bits per heavy atom. The standard InChI is InChI=1S/C13H16N4O2/c1-8(12-3-2-6-19-12)14-13(18)9-4-5-10-11(7-9)16-17-15-10/h4-5,7-8,12H,2-3,6H2,1H3,(H,14,18)(H,15,16,17)/t8-,12-/m0/s1. The number of amides is 1. The molecule has 0 spiro atoms. The van der Waals surface area contributed by atoms with Crippen LogP contribution in [0.4, 0.5) is 0 Å². The molecule has 1 amide bonds. The number of ether oxygens (including phenoxy) is 1. The zero-order chi connectivity index (χ0) is 13.2. The maximum absolute atomic E-state index is 12.2. The fourth-order valence-electron chi connectivity index (χ4n) is 2.36. The largest absolute Gasteiger partial charge is 0.376 e. The molecule has 0 bridgehead atoms. The lowest BCUT2D eigenvalue weighted by atomic mass is 10.1. The maximum Gasteiger partial charge on any atom is 0.251 e. The van der Waals surface area contributed by atoms with Crippen LogP contribution in [0, 0.1) is 0 Å². The molecule has 1 aromatic heterocycles. The third kappa shape index (κ3) is 2.44. The molecule has 1 fully saturated rings. The Labute approximate surface area is 110 Å². The highest BCUT2D eigenvalue weighted by molar-refractivity contribution is 5.97. The summed E-state index contributed by atoms with van der Waals surface area (Å²) in [6, 6.07) is 5.28. The number of fused-ring (bicyclic) bond motifs is 1. The quantitative estimate of drug-likeness (QED) is 0.870. The monoisotopic (exact) mass is 260 g/mol. The Kier molecular flexibility index (Phi) is 3.16. The van der Waals surface area contributed by atoms with Gasteiger partial charge in [-0.1, -0.05) is 0 Å². The van der Waals surface area contributed by atoms with E-state index in [1.807, 2.05) is 6.92 Å². The molecule has 1 saturated heterocycles. The van der Waals surface area contributed by atoms with Crippen LogP contribution >= 0.6 is 0 Å².